The highest BCUT2D eigenvalue weighted by atomic mass is 35.5. The molecule has 2 aromatic heterocycles. The molecule has 8 heteroatoms. The van der Waals surface area contributed by atoms with Gasteiger partial charge in [0.2, 0.25) is 5.91 Å². The van der Waals surface area contributed by atoms with Crippen molar-refractivity contribution in [2.75, 3.05) is 5.32 Å². The molecular weight excluding hydrogens is 433 g/mol. The summed E-state index contributed by atoms with van der Waals surface area (Å²) >= 11 is 12.2. The summed E-state index contributed by atoms with van der Waals surface area (Å²) < 4.78 is 3.56. The van der Waals surface area contributed by atoms with Crippen molar-refractivity contribution in [2.24, 2.45) is 0 Å². The van der Waals surface area contributed by atoms with Gasteiger partial charge in [-0.3, -0.25) is 4.79 Å². The minimum Gasteiger partial charge on any atom is -0.311 e. The topological polar surface area (TPSA) is 64.7 Å². The van der Waals surface area contributed by atoms with E-state index >= 15 is 0 Å². The fourth-order valence-electron chi connectivity index (χ4n) is 3.48. The third-order valence-corrected chi connectivity index (χ3v) is 5.69. The molecule has 6 nitrogen and oxygen atoms in total. The van der Waals surface area contributed by atoms with Gasteiger partial charge in [-0.2, -0.15) is 10.2 Å². The second kappa shape index (κ2) is 8.96. The number of carbonyl (C=O) groups is 1. The Morgan fingerprint density at radius 2 is 1.84 bits per heavy atom. The summed E-state index contributed by atoms with van der Waals surface area (Å²) in [5, 5.41) is 13.0. The van der Waals surface area contributed by atoms with E-state index in [1.807, 2.05) is 54.9 Å². The van der Waals surface area contributed by atoms with Gasteiger partial charge < -0.3 is 5.32 Å². The number of rotatable bonds is 6. The number of aryl methyl sites for hydroxylation is 1. The lowest BCUT2D eigenvalue weighted by molar-refractivity contribution is -0.115. The quantitative estimate of drug-likeness (QED) is 0.435. The summed E-state index contributed by atoms with van der Waals surface area (Å²) in [6.07, 6.45) is 1.86. The average Bonchev–Trinajstić information content (AvgIpc) is 3.29. The largest absolute Gasteiger partial charge is 0.311 e. The van der Waals surface area contributed by atoms with Gasteiger partial charge in [0.05, 0.1) is 30.5 Å². The van der Waals surface area contributed by atoms with Crippen LogP contribution in [-0.4, -0.2) is 25.5 Å². The Bertz CT molecular complexity index is 1230. The fraction of sp³-hybridized carbons (Fsp3) is 0.174. The van der Waals surface area contributed by atoms with Crippen molar-refractivity contribution in [3.05, 3.63) is 93.4 Å². The number of nitrogens with one attached hydrogen (secondary N) is 1. The standard InChI is InChI=1S/C23H21Cl2N5O/c1-15-20(16(2)30(28-15)19-6-4-3-5-7-19)13-23(31)27-22-10-11-26-29(22)14-17-8-9-18(24)12-21(17)25/h3-12H,13-14H2,1-2H3,(H,27,31). The Hall–Kier alpha value is -3.09. The number of hydrogen-bond donors (Lipinski definition) is 1. The Morgan fingerprint density at radius 1 is 1.06 bits per heavy atom. The molecule has 4 aromatic rings. The summed E-state index contributed by atoms with van der Waals surface area (Å²) in [6, 6.07) is 16.9. The first-order valence-corrected chi connectivity index (χ1v) is 10.5. The predicted molar refractivity (Wildman–Crippen MR) is 123 cm³/mol. The lowest BCUT2D eigenvalue weighted by atomic mass is 10.1. The van der Waals surface area contributed by atoms with E-state index < -0.39 is 0 Å². The van der Waals surface area contributed by atoms with E-state index in [1.165, 1.54) is 0 Å². The maximum absolute atomic E-state index is 12.8. The monoisotopic (exact) mass is 453 g/mol. The number of para-hydroxylation sites is 1. The van der Waals surface area contributed by atoms with Crippen molar-refractivity contribution < 1.29 is 4.79 Å². The first kappa shape index (κ1) is 21.2. The molecule has 158 valence electrons. The third-order valence-electron chi connectivity index (χ3n) is 5.10. The van der Waals surface area contributed by atoms with E-state index in [2.05, 4.69) is 15.5 Å². The van der Waals surface area contributed by atoms with Crippen LogP contribution in [0.1, 0.15) is 22.5 Å². The minimum atomic E-state index is -0.136. The van der Waals surface area contributed by atoms with Crippen LogP contribution in [0.3, 0.4) is 0 Å². The van der Waals surface area contributed by atoms with Crippen LogP contribution in [0.5, 0.6) is 0 Å². The second-order valence-corrected chi connectivity index (χ2v) is 8.08. The lowest BCUT2D eigenvalue weighted by Crippen LogP contribution is -2.18. The van der Waals surface area contributed by atoms with E-state index in [0.717, 1.165) is 28.2 Å². The van der Waals surface area contributed by atoms with Gasteiger partial charge in [0.15, 0.2) is 0 Å². The van der Waals surface area contributed by atoms with Crippen LogP contribution in [0.2, 0.25) is 10.0 Å². The molecule has 0 aliphatic rings. The molecule has 2 aromatic carbocycles. The van der Waals surface area contributed by atoms with Crippen LogP contribution in [0.4, 0.5) is 5.82 Å². The highest BCUT2D eigenvalue weighted by Gasteiger charge is 2.17. The van der Waals surface area contributed by atoms with E-state index in [9.17, 15) is 4.79 Å². The van der Waals surface area contributed by atoms with Crippen LogP contribution in [0, 0.1) is 13.8 Å². The molecule has 0 aliphatic carbocycles. The Balaban J connectivity index is 1.49. The molecular formula is C23H21Cl2N5O. The molecule has 0 bridgehead atoms. The zero-order chi connectivity index (χ0) is 22.0. The number of amides is 1. The van der Waals surface area contributed by atoms with E-state index in [1.54, 1.807) is 29.1 Å². The van der Waals surface area contributed by atoms with Gasteiger partial charge in [0.25, 0.3) is 0 Å². The number of hydrogen-bond acceptors (Lipinski definition) is 3. The van der Waals surface area contributed by atoms with Gasteiger partial charge in [-0.15, -0.1) is 0 Å². The highest BCUT2D eigenvalue weighted by Crippen LogP contribution is 2.23. The smallest absolute Gasteiger partial charge is 0.230 e. The zero-order valence-corrected chi connectivity index (χ0v) is 18.7. The van der Waals surface area contributed by atoms with Gasteiger partial charge in [-0.25, -0.2) is 9.36 Å². The van der Waals surface area contributed by atoms with Crippen LogP contribution >= 0.6 is 23.2 Å². The summed E-state index contributed by atoms with van der Waals surface area (Å²) in [6.45, 7) is 4.31. The molecule has 0 unspecified atom stereocenters. The van der Waals surface area contributed by atoms with Gasteiger partial charge >= 0.3 is 0 Å². The molecule has 0 aliphatic heterocycles. The molecule has 1 amide bonds. The second-order valence-electron chi connectivity index (χ2n) is 7.23. The Labute approximate surface area is 190 Å². The number of nitrogens with zero attached hydrogens (tertiary/aromatic N) is 4. The van der Waals surface area contributed by atoms with E-state index in [0.29, 0.717) is 22.4 Å². The highest BCUT2D eigenvalue weighted by molar-refractivity contribution is 6.35. The van der Waals surface area contributed by atoms with Crippen LogP contribution < -0.4 is 5.32 Å². The lowest BCUT2D eigenvalue weighted by Gasteiger charge is -2.11. The van der Waals surface area contributed by atoms with Crippen molar-refractivity contribution in [3.8, 4) is 5.69 Å². The molecule has 0 saturated carbocycles. The maximum atomic E-state index is 12.8. The Morgan fingerprint density at radius 3 is 2.58 bits per heavy atom. The van der Waals surface area contributed by atoms with Crippen molar-refractivity contribution in [3.63, 3.8) is 0 Å². The number of benzene rings is 2. The first-order chi connectivity index (χ1) is 14.9. The molecule has 31 heavy (non-hydrogen) atoms. The van der Waals surface area contributed by atoms with Gasteiger partial charge in [0.1, 0.15) is 5.82 Å². The van der Waals surface area contributed by atoms with Crippen LogP contribution in [-0.2, 0) is 17.8 Å². The first-order valence-electron chi connectivity index (χ1n) is 9.78. The molecule has 0 spiro atoms. The summed E-state index contributed by atoms with van der Waals surface area (Å²) in [7, 11) is 0. The third kappa shape index (κ3) is 4.65. The predicted octanol–water partition coefficient (Wildman–Crippen LogP) is 5.22. The fourth-order valence-corrected chi connectivity index (χ4v) is 3.94. The summed E-state index contributed by atoms with van der Waals surface area (Å²) in [4.78, 5) is 12.8. The number of carbonyl (C=O) groups excluding carboxylic acids is 1. The summed E-state index contributed by atoms with van der Waals surface area (Å²) in [5.74, 6) is 0.463. The number of anilines is 1. The van der Waals surface area contributed by atoms with Gasteiger partial charge in [-0.05, 0) is 43.7 Å². The van der Waals surface area contributed by atoms with Crippen LogP contribution in [0.25, 0.3) is 5.69 Å². The molecule has 2 heterocycles. The van der Waals surface area contributed by atoms with Crippen molar-refractivity contribution in [1.82, 2.24) is 19.6 Å². The van der Waals surface area contributed by atoms with Gasteiger partial charge in [-0.1, -0.05) is 47.5 Å². The van der Waals surface area contributed by atoms with E-state index in [-0.39, 0.29) is 12.3 Å². The van der Waals surface area contributed by atoms with Gasteiger partial charge in [0, 0.05) is 27.4 Å². The molecule has 0 saturated heterocycles. The molecule has 0 radical (unpaired) electrons. The average molecular weight is 454 g/mol. The molecule has 4 rings (SSSR count). The molecule has 1 N–H and O–H groups in total. The zero-order valence-electron chi connectivity index (χ0n) is 17.1. The molecule has 0 atom stereocenters. The minimum absolute atomic E-state index is 0.136. The van der Waals surface area contributed by atoms with Crippen molar-refractivity contribution in [1.29, 1.82) is 0 Å². The SMILES string of the molecule is Cc1nn(-c2ccccc2)c(C)c1CC(=O)Nc1ccnn1Cc1ccc(Cl)cc1Cl. The van der Waals surface area contributed by atoms with E-state index in [4.69, 9.17) is 23.2 Å². The number of aromatic nitrogens is 4. The number of halogens is 2. The summed E-state index contributed by atoms with van der Waals surface area (Å²) in [5.41, 5.74) is 4.51. The normalized spacial score (nSPS) is 11.0. The maximum Gasteiger partial charge on any atom is 0.230 e. The van der Waals surface area contributed by atoms with Crippen LogP contribution in [0.15, 0.2) is 60.8 Å². The van der Waals surface area contributed by atoms with Crippen molar-refractivity contribution in [2.45, 2.75) is 26.8 Å². The molecule has 0 fully saturated rings. The van der Waals surface area contributed by atoms with Crippen molar-refractivity contribution >= 4 is 34.9 Å². The Kier molecular flexibility index (Phi) is 6.11.